The van der Waals surface area contributed by atoms with E-state index in [-0.39, 0.29) is 12.8 Å². The summed E-state index contributed by atoms with van der Waals surface area (Å²) in [6.45, 7) is 7.53. The molecule has 2 aliphatic rings. The molecule has 24 nitrogen and oxygen atoms in total. The van der Waals surface area contributed by atoms with E-state index in [1.54, 1.807) is 20.8 Å². The normalized spacial score (nSPS) is 27.4. The van der Waals surface area contributed by atoms with Gasteiger partial charge in [-0.05, 0) is 33.6 Å². The number of aliphatic hydroxyl groups excluding tert-OH is 5. The molecule has 0 aliphatic carbocycles. The molecule has 2 amide bonds. The summed E-state index contributed by atoms with van der Waals surface area (Å²) in [4.78, 5) is 67.1. The summed E-state index contributed by atoms with van der Waals surface area (Å²) in [5, 5.41) is 60.8. The van der Waals surface area contributed by atoms with E-state index >= 15 is 0 Å². The van der Waals surface area contributed by atoms with Crippen LogP contribution in [0.5, 0.6) is 0 Å². The van der Waals surface area contributed by atoms with Gasteiger partial charge in [-0.15, -0.1) is 0 Å². The second-order valence-corrected chi connectivity index (χ2v) is 25.0. The standard InChI is InChI=1S/C46H92N3O21P3/c1-6-8-10-12-14-16-18-20-22-24-32(50)28-36(52)48-38-41(55)40(54)34(66-45(38)69-73(62,63)70-71(57,58)27-26-47)30-64-44-39(42(56)43(68-72(59,60)61)35(67-44)31-65-46(3,4)5)49-37(53)29-33(51)25-23-21-19-17-15-13-11-9-7-2/h32-35,38-45,50-51,54-56H,6-31,47H2,1-5H3,(H,48,52)(H,49,53)(H,57,58)(H,62,63)(H2,59,60,61)/t32-,33-,34?,35?,38?,39?,40-,41-,42-,43-,44-,45-/m1/s1. The van der Waals surface area contributed by atoms with Gasteiger partial charge in [0.15, 0.2) is 12.6 Å². The molecule has 0 spiro atoms. The van der Waals surface area contributed by atoms with Gasteiger partial charge in [0, 0.05) is 6.54 Å². The van der Waals surface area contributed by atoms with E-state index in [0.717, 1.165) is 77.0 Å². The van der Waals surface area contributed by atoms with Crippen molar-refractivity contribution in [2.24, 2.45) is 5.73 Å². The number of phosphoric acid groups is 2. The highest BCUT2D eigenvalue weighted by molar-refractivity contribution is 7.64. The Morgan fingerprint density at radius 2 is 1.05 bits per heavy atom. The zero-order chi connectivity index (χ0) is 54.8. The fraction of sp³-hybridized carbons (Fsp3) is 0.957. The molecule has 0 radical (unpaired) electrons. The molecule has 6 unspecified atom stereocenters. The van der Waals surface area contributed by atoms with Gasteiger partial charge in [0.2, 0.25) is 11.8 Å². The van der Waals surface area contributed by atoms with Gasteiger partial charge in [-0.2, -0.15) is 0 Å². The van der Waals surface area contributed by atoms with Crippen LogP contribution < -0.4 is 16.4 Å². The van der Waals surface area contributed by atoms with Gasteiger partial charge < -0.3 is 80.4 Å². The van der Waals surface area contributed by atoms with Gasteiger partial charge in [-0.3, -0.25) is 23.2 Å². The van der Waals surface area contributed by atoms with Crippen LogP contribution in [-0.4, -0.2) is 162 Å². The molecule has 2 aliphatic heterocycles. The van der Waals surface area contributed by atoms with Crippen molar-refractivity contribution in [3.05, 3.63) is 0 Å². The lowest BCUT2D eigenvalue weighted by Crippen LogP contribution is -2.67. The van der Waals surface area contributed by atoms with Crippen molar-refractivity contribution in [1.82, 2.24) is 10.6 Å². The molecule has 0 aromatic carbocycles. The number of nitrogens with two attached hydrogens (primary N) is 1. The van der Waals surface area contributed by atoms with Crippen LogP contribution in [0.15, 0.2) is 0 Å². The third-order valence-electron chi connectivity index (χ3n) is 12.4. The number of phosphoric ester groups is 2. The largest absolute Gasteiger partial charge is 0.481 e. The Hall–Kier alpha value is -1.05. The summed E-state index contributed by atoms with van der Waals surface area (Å²) in [5.41, 5.74) is 4.48. The number of ether oxygens (including phenoxy) is 4. The van der Waals surface area contributed by atoms with Crippen LogP contribution in [0.2, 0.25) is 0 Å². The fourth-order valence-electron chi connectivity index (χ4n) is 8.49. The first kappa shape index (κ1) is 68.1. The Morgan fingerprint density at radius 3 is 1.49 bits per heavy atom. The summed E-state index contributed by atoms with van der Waals surface area (Å²) in [5.74, 6) is -1.72. The quantitative estimate of drug-likeness (QED) is 0.0299. The summed E-state index contributed by atoms with van der Waals surface area (Å²) in [7, 11) is -15.9. The molecule has 2 fully saturated rings. The van der Waals surface area contributed by atoms with E-state index in [1.165, 1.54) is 25.7 Å². The van der Waals surface area contributed by atoms with Crippen molar-refractivity contribution in [2.45, 2.75) is 255 Å². The number of aliphatic hydroxyl groups is 5. The van der Waals surface area contributed by atoms with Gasteiger partial charge in [0.05, 0.1) is 50.0 Å². The average molecular weight is 1120 g/mol. The summed E-state index contributed by atoms with van der Waals surface area (Å²) in [6, 6.07) is -3.60. The molecule has 2 saturated heterocycles. The lowest BCUT2D eigenvalue weighted by atomic mass is 9.95. The molecule has 13 N–H and O–H groups in total. The van der Waals surface area contributed by atoms with Crippen molar-refractivity contribution in [1.29, 1.82) is 0 Å². The predicted molar refractivity (Wildman–Crippen MR) is 268 cm³/mol. The third kappa shape index (κ3) is 28.9. The van der Waals surface area contributed by atoms with Crippen LogP contribution >= 0.6 is 23.2 Å². The van der Waals surface area contributed by atoms with Gasteiger partial charge >= 0.3 is 23.2 Å². The highest BCUT2D eigenvalue weighted by Crippen LogP contribution is 2.60. The maximum Gasteiger partial charge on any atom is 0.481 e. The number of rotatable bonds is 39. The van der Waals surface area contributed by atoms with Crippen LogP contribution in [0.1, 0.15) is 176 Å². The number of nitrogens with one attached hydrogen (secondary N) is 2. The maximum atomic E-state index is 13.5. The molecule has 2 heterocycles. The molecule has 0 bridgehead atoms. The molecule has 0 aromatic rings. The topological polar surface area (TPSA) is 382 Å². The lowest BCUT2D eigenvalue weighted by Gasteiger charge is -2.46. The first-order valence-corrected chi connectivity index (χ1v) is 31.0. The zero-order valence-corrected chi connectivity index (χ0v) is 46.3. The van der Waals surface area contributed by atoms with Crippen LogP contribution in [0.3, 0.4) is 0 Å². The summed E-state index contributed by atoms with van der Waals surface area (Å²) < 4.78 is 76.0. The number of hydrogen-bond donors (Lipinski definition) is 12. The monoisotopic (exact) mass is 1120 g/mol. The minimum atomic E-state index is -5.63. The van der Waals surface area contributed by atoms with E-state index in [2.05, 4.69) is 28.8 Å². The summed E-state index contributed by atoms with van der Waals surface area (Å²) in [6.07, 6.45) is -0.194. The Bertz CT molecular complexity index is 1700. The first-order valence-electron chi connectivity index (χ1n) is 26.2. The van der Waals surface area contributed by atoms with Crippen LogP contribution in [-0.2, 0) is 55.6 Å². The molecular weight excluding hydrogens is 1020 g/mol. The first-order chi connectivity index (χ1) is 34.2. The highest BCUT2D eigenvalue weighted by Gasteiger charge is 2.53. The van der Waals surface area contributed by atoms with Crippen molar-refractivity contribution >= 4 is 35.1 Å². The number of carbonyl (C=O) groups is 2. The SMILES string of the molecule is CCCCCCCCCCC[C@@H](O)CC(=O)NC1[C@@H](OP(=O)(O)OP(=O)(O)CCN)OC(CO[C@@H]2OC(COC(C)(C)C)[C@@H](OP(=O)(O)O)[C@H](O)C2NC(=O)C[C@H](O)CCCCCCCCCCC)[C@@H](O)[C@@H]1O. The molecule has 2 rings (SSSR count). The van der Waals surface area contributed by atoms with E-state index in [0.29, 0.717) is 12.8 Å². The molecule has 0 saturated carbocycles. The molecule has 73 heavy (non-hydrogen) atoms. The highest BCUT2D eigenvalue weighted by atomic mass is 31.3. The van der Waals surface area contributed by atoms with Crippen molar-refractivity contribution in [2.75, 3.05) is 25.9 Å². The average Bonchev–Trinajstić information content (AvgIpc) is 3.27. The van der Waals surface area contributed by atoms with Gasteiger partial charge in [-0.1, -0.05) is 129 Å². The number of unbranched alkanes of at least 4 members (excludes halogenated alkanes) is 16. The Morgan fingerprint density at radius 1 is 0.616 bits per heavy atom. The van der Waals surface area contributed by atoms with E-state index < -0.39 is 153 Å². The second-order valence-electron chi connectivity index (χ2n) is 20.3. The maximum absolute atomic E-state index is 13.5. The van der Waals surface area contributed by atoms with Crippen molar-refractivity contribution < 1.29 is 101 Å². The minimum absolute atomic E-state index is 0.260. The lowest BCUT2D eigenvalue weighted by molar-refractivity contribution is -0.297. The smallest absolute Gasteiger partial charge is 0.393 e. The van der Waals surface area contributed by atoms with Gasteiger partial charge in [0.25, 0.3) is 0 Å². The van der Waals surface area contributed by atoms with Gasteiger partial charge in [-0.25, -0.2) is 13.4 Å². The minimum Gasteiger partial charge on any atom is -0.393 e. The van der Waals surface area contributed by atoms with Crippen LogP contribution in [0.4, 0.5) is 0 Å². The molecule has 0 aromatic heterocycles. The van der Waals surface area contributed by atoms with Crippen molar-refractivity contribution in [3.8, 4) is 0 Å². The number of amides is 2. The number of hydrogen-bond acceptors (Lipinski definition) is 18. The molecule has 432 valence electrons. The Labute approximate surface area is 431 Å². The Kier molecular flexibility index (Phi) is 32.4. The fourth-order valence-corrected chi connectivity index (χ4v) is 11.6. The van der Waals surface area contributed by atoms with Crippen LogP contribution in [0.25, 0.3) is 0 Å². The van der Waals surface area contributed by atoms with Gasteiger partial charge in [0.1, 0.15) is 48.7 Å². The van der Waals surface area contributed by atoms with E-state index in [9.17, 15) is 68.4 Å². The van der Waals surface area contributed by atoms with Crippen molar-refractivity contribution in [3.63, 3.8) is 0 Å². The van der Waals surface area contributed by atoms with Crippen LogP contribution in [0, 0.1) is 0 Å². The summed E-state index contributed by atoms with van der Waals surface area (Å²) >= 11 is 0. The van der Waals surface area contributed by atoms with E-state index in [1.807, 2.05) is 0 Å². The second kappa shape index (κ2) is 34.8. The third-order valence-corrected chi connectivity index (χ3v) is 16.1. The molecule has 27 heteroatoms. The molecule has 14 atom stereocenters. The number of carbonyl (C=O) groups excluding carboxylic acids is 2. The molecular formula is C46H92N3O21P3. The Balaban J connectivity index is 2.32. The predicted octanol–water partition coefficient (Wildman–Crippen LogP) is 4.42. The zero-order valence-electron chi connectivity index (χ0n) is 43.7. The van der Waals surface area contributed by atoms with E-state index in [4.69, 9.17) is 33.7 Å².